The number of anilines is 2. The highest BCUT2D eigenvalue weighted by molar-refractivity contribution is 7.94. The monoisotopic (exact) mass is 471 g/mol. The van der Waals surface area contributed by atoms with Crippen molar-refractivity contribution in [3.63, 3.8) is 0 Å². The molecule has 1 N–H and O–H groups in total. The zero-order valence-electron chi connectivity index (χ0n) is 18.4. The van der Waals surface area contributed by atoms with Gasteiger partial charge in [0.25, 0.3) is 10.0 Å². The van der Waals surface area contributed by atoms with Crippen molar-refractivity contribution in [2.45, 2.75) is 37.8 Å². The highest BCUT2D eigenvalue weighted by Crippen LogP contribution is 2.33. The summed E-state index contributed by atoms with van der Waals surface area (Å²) in [6.07, 6.45) is 5.26. The molecule has 0 unspecified atom stereocenters. The fourth-order valence-corrected chi connectivity index (χ4v) is 5.73. The highest BCUT2D eigenvalue weighted by atomic mass is 32.2. The van der Waals surface area contributed by atoms with E-state index in [2.05, 4.69) is 10.5 Å². The van der Waals surface area contributed by atoms with Crippen molar-refractivity contribution in [1.82, 2.24) is 5.16 Å². The maximum atomic E-state index is 13.1. The predicted octanol–water partition coefficient (Wildman–Crippen LogP) is 5.01. The first-order valence-electron chi connectivity index (χ1n) is 10.3. The number of nitrogens with one attached hydrogen (secondary N) is 1. The molecule has 1 amide bonds. The Morgan fingerprint density at radius 2 is 1.91 bits per heavy atom. The number of rotatable bonds is 7. The second-order valence-electron chi connectivity index (χ2n) is 8.00. The van der Waals surface area contributed by atoms with Crippen LogP contribution in [0.15, 0.2) is 39.1 Å². The fraction of sp³-hybridized carbons (Fsp3) is 0.304. The molecule has 2 heterocycles. The summed E-state index contributed by atoms with van der Waals surface area (Å²) in [7, 11) is -2.12. The Bertz CT molecular complexity index is 1300. The Kier molecular flexibility index (Phi) is 5.96. The van der Waals surface area contributed by atoms with Gasteiger partial charge in [-0.25, -0.2) is 8.42 Å². The Hall–Kier alpha value is -2.91. The summed E-state index contributed by atoms with van der Waals surface area (Å²) in [5.41, 5.74) is 3.91. The molecule has 0 atom stereocenters. The second kappa shape index (κ2) is 8.55. The molecule has 0 radical (unpaired) electrons. The number of benzene rings is 1. The average molecular weight is 472 g/mol. The van der Waals surface area contributed by atoms with Gasteiger partial charge in [-0.2, -0.15) is 0 Å². The molecule has 2 aromatic heterocycles. The molecule has 0 bridgehead atoms. The van der Waals surface area contributed by atoms with Crippen LogP contribution in [-0.4, -0.2) is 26.5 Å². The summed E-state index contributed by atoms with van der Waals surface area (Å²) in [5.74, 6) is 0.479. The third-order valence-corrected chi connectivity index (χ3v) is 8.86. The number of sulfonamides is 1. The van der Waals surface area contributed by atoms with E-state index in [1.807, 2.05) is 26.0 Å². The Morgan fingerprint density at radius 1 is 1.16 bits per heavy atom. The molecule has 1 aromatic carbocycles. The van der Waals surface area contributed by atoms with E-state index in [1.165, 1.54) is 15.6 Å². The minimum atomic E-state index is -3.68. The van der Waals surface area contributed by atoms with Crippen molar-refractivity contribution in [3.05, 3.63) is 57.8 Å². The molecule has 168 valence electrons. The third kappa shape index (κ3) is 4.49. The van der Waals surface area contributed by atoms with Crippen molar-refractivity contribution in [2.75, 3.05) is 16.7 Å². The molecule has 0 saturated heterocycles. The number of nitrogens with zero attached hydrogens (tertiary/aromatic N) is 2. The lowest BCUT2D eigenvalue weighted by molar-refractivity contribution is -0.117. The van der Waals surface area contributed by atoms with Gasteiger partial charge in [0, 0.05) is 17.8 Å². The lowest BCUT2D eigenvalue weighted by Crippen LogP contribution is -2.25. The number of hydrogen-bond acceptors (Lipinski definition) is 6. The van der Waals surface area contributed by atoms with Crippen LogP contribution in [0.5, 0.6) is 0 Å². The van der Waals surface area contributed by atoms with Crippen LogP contribution in [0.3, 0.4) is 0 Å². The van der Waals surface area contributed by atoms with Gasteiger partial charge in [0.15, 0.2) is 5.76 Å². The summed E-state index contributed by atoms with van der Waals surface area (Å²) in [5, 5.41) is 6.82. The van der Waals surface area contributed by atoms with Gasteiger partial charge in [-0.1, -0.05) is 11.2 Å². The molecule has 1 aliphatic rings. The summed E-state index contributed by atoms with van der Waals surface area (Å²) in [4.78, 5) is 12.9. The third-order valence-electron chi connectivity index (χ3n) is 5.56. The molecule has 7 nitrogen and oxygen atoms in total. The van der Waals surface area contributed by atoms with Crippen molar-refractivity contribution in [3.8, 4) is 0 Å². The Labute approximate surface area is 191 Å². The van der Waals surface area contributed by atoms with Crippen molar-refractivity contribution in [2.24, 2.45) is 5.92 Å². The summed E-state index contributed by atoms with van der Waals surface area (Å²) < 4.78 is 33.1. The van der Waals surface area contributed by atoms with Crippen LogP contribution >= 0.6 is 11.3 Å². The second-order valence-corrected chi connectivity index (χ2v) is 11.3. The summed E-state index contributed by atoms with van der Waals surface area (Å²) in [6, 6.07) is 8.92. The van der Waals surface area contributed by atoms with Gasteiger partial charge in [-0.3, -0.25) is 9.10 Å². The van der Waals surface area contributed by atoms with E-state index in [-0.39, 0.29) is 16.0 Å². The number of aromatic nitrogens is 1. The van der Waals surface area contributed by atoms with E-state index in [0.717, 1.165) is 28.8 Å². The zero-order valence-corrected chi connectivity index (χ0v) is 20.0. The molecule has 1 aliphatic carbocycles. The van der Waals surface area contributed by atoms with Crippen LogP contribution in [0.4, 0.5) is 11.4 Å². The number of carbonyl (C=O) groups excluding carboxylic acids is 1. The Balaban J connectivity index is 1.53. The zero-order chi connectivity index (χ0) is 23.0. The van der Waals surface area contributed by atoms with E-state index in [4.69, 9.17) is 4.52 Å². The molecule has 3 aromatic rings. The van der Waals surface area contributed by atoms with Crippen LogP contribution in [0.25, 0.3) is 12.2 Å². The van der Waals surface area contributed by atoms with Gasteiger partial charge in [-0.05, 0) is 81.2 Å². The van der Waals surface area contributed by atoms with Gasteiger partial charge in [0.05, 0.1) is 5.69 Å². The van der Waals surface area contributed by atoms with Gasteiger partial charge in [0.1, 0.15) is 15.6 Å². The van der Waals surface area contributed by atoms with E-state index in [0.29, 0.717) is 22.8 Å². The highest BCUT2D eigenvalue weighted by Gasteiger charge is 2.31. The number of thiophene rings is 1. The summed E-state index contributed by atoms with van der Waals surface area (Å²) in [6.45, 7) is 5.71. The Morgan fingerprint density at radius 3 is 2.59 bits per heavy atom. The topological polar surface area (TPSA) is 92.5 Å². The normalized spacial score (nSPS) is 14.1. The van der Waals surface area contributed by atoms with Gasteiger partial charge >= 0.3 is 0 Å². The minimum Gasteiger partial charge on any atom is -0.354 e. The number of hydrogen-bond donors (Lipinski definition) is 1. The lowest BCUT2D eigenvalue weighted by atomic mass is 10.1. The number of aryl methyl sites for hydroxylation is 3. The molecule has 4 rings (SSSR count). The molecule has 1 saturated carbocycles. The smallest absolute Gasteiger partial charge is 0.273 e. The minimum absolute atomic E-state index is 0.0233. The van der Waals surface area contributed by atoms with E-state index in [9.17, 15) is 13.2 Å². The molecule has 1 fully saturated rings. The maximum Gasteiger partial charge on any atom is 0.273 e. The number of carbonyl (C=O) groups is 1. The molecule has 0 aliphatic heterocycles. The lowest BCUT2D eigenvalue weighted by Gasteiger charge is -2.19. The number of amides is 1. The molecule has 0 spiro atoms. The predicted molar refractivity (Wildman–Crippen MR) is 127 cm³/mol. The van der Waals surface area contributed by atoms with Gasteiger partial charge < -0.3 is 9.84 Å². The van der Waals surface area contributed by atoms with Gasteiger partial charge in [-0.15, -0.1) is 11.3 Å². The van der Waals surface area contributed by atoms with Crippen LogP contribution < -0.4 is 9.62 Å². The average Bonchev–Trinajstić information content (AvgIpc) is 3.41. The van der Waals surface area contributed by atoms with Crippen LogP contribution in [0, 0.1) is 26.7 Å². The van der Waals surface area contributed by atoms with Gasteiger partial charge in [0.2, 0.25) is 5.91 Å². The molecule has 9 heteroatoms. The SMILES string of the molecule is Cc1ccc(N(C)S(=O)(=O)c2ccc(C=Cc3onc(C)c3NC(=O)C3CC3)s2)cc1C. The first-order valence-corrected chi connectivity index (χ1v) is 12.5. The van der Waals surface area contributed by atoms with Crippen LogP contribution in [-0.2, 0) is 14.8 Å². The van der Waals surface area contributed by atoms with E-state index < -0.39 is 10.0 Å². The van der Waals surface area contributed by atoms with Crippen molar-refractivity contribution >= 4 is 50.8 Å². The first-order chi connectivity index (χ1) is 15.2. The maximum absolute atomic E-state index is 13.1. The van der Waals surface area contributed by atoms with Crippen LogP contribution in [0.1, 0.15) is 40.3 Å². The van der Waals surface area contributed by atoms with Crippen molar-refractivity contribution < 1.29 is 17.7 Å². The first kappa shape index (κ1) is 22.3. The standard InChI is InChI=1S/C23H25N3O4S2/c1-14-5-8-18(13-15(14)2)26(4)32(28,29)21-12-10-19(31-21)9-11-20-22(16(3)25-30-20)24-23(27)17-6-7-17/h5,8-13,17H,6-7H2,1-4H3,(H,24,27). The quantitative estimate of drug-likeness (QED) is 0.523. The van der Waals surface area contributed by atoms with E-state index >= 15 is 0 Å². The van der Waals surface area contributed by atoms with Crippen LogP contribution in [0.2, 0.25) is 0 Å². The molecular formula is C23H25N3O4S2. The van der Waals surface area contributed by atoms with Crippen molar-refractivity contribution in [1.29, 1.82) is 0 Å². The molecule has 32 heavy (non-hydrogen) atoms. The summed E-state index contributed by atoms with van der Waals surface area (Å²) >= 11 is 1.17. The van der Waals surface area contributed by atoms with E-state index in [1.54, 1.807) is 44.3 Å². The fourth-order valence-electron chi connectivity index (χ4n) is 3.14. The largest absolute Gasteiger partial charge is 0.354 e. The molecular weight excluding hydrogens is 446 g/mol.